The first-order valence-electron chi connectivity index (χ1n) is 9.23. The van der Waals surface area contributed by atoms with Gasteiger partial charge >= 0.3 is 0 Å². The van der Waals surface area contributed by atoms with Crippen LogP contribution in [-0.2, 0) is 4.74 Å². The van der Waals surface area contributed by atoms with Gasteiger partial charge in [0, 0.05) is 20.3 Å². The van der Waals surface area contributed by atoms with Crippen molar-refractivity contribution in [3.8, 4) is 0 Å². The molecule has 0 bridgehead atoms. The summed E-state index contributed by atoms with van der Waals surface area (Å²) in [7, 11) is 1.85. The van der Waals surface area contributed by atoms with Crippen molar-refractivity contribution in [2.24, 2.45) is 23.2 Å². The van der Waals surface area contributed by atoms with E-state index in [1.165, 1.54) is 51.5 Å². The molecule has 2 nitrogen and oxygen atoms in total. The second-order valence-electron chi connectivity index (χ2n) is 7.83. The van der Waals surface area contributed by atoms with Crippen LogP contribution in [0.5, 0.6) is 0 Å². The Hall–Kier alpha value is -0.0800. The molecule has 0 aromatic rings. The summed E-state index contributed by atoms with van der Waals surface area (Å²) in [5, 5.41) is 3.74. The number of nitrogens with one attached hydrogen (secondary N) is 1. The topological polar surface area (TPSA) is 21.3 Å². The second-order valence-corrected chi connectivity index (χ2v) is 7.83. The molecule has 126 valence electrons. The van der Waals surface area contributed by atoms with E-state index in [0.717, 1.165) is 25.0 Å². The Bertz CT molecular complexity index is 256. The lowest BCUT2D eigenvalue weighted by Crippen LogP contribution is -2.44. The average molecular weight is 298 g/mol. The molecule has 1 N–H and O–H groups in total. The highest BCUT2D eigenvalue weighted by molar-refractivity contribution is 4.91. The molecule has 0 spiro atoms. The number of hydrogen-bond acceptors (Lipinski definition) is 2. The molecular formula is C19H39NO. The molecule has 1 atom stereocenters. The maximum absolute atomic E-state index is 5.47. The third-order valence-electron chi connectivity index (χ3n) is 5.56. The molecule has 21 heavy (non-hydrogen) atoms. The Morgan fingerprint density at radius 2 is 1.86 bits per heavy atom. The standard InChI is InChI=1S/C19H39NO/c1-6-7-8-18-9-11-19(12-10-18,17(4)14-21-5)15-20-13-16(2)3/h16-18,20H,6-15H2,1-5H3. The molecular weight excluding hydrogens is 258 g/mol. The van der Waals surface area contributed by atoms with E-state index in [-0.39, 0.29) is 0 Å². The van der Waals surface area contributed by atoms with Crippen LogP contribution in [0.25, 0.3) is 0 Å². The van der Waals surface area contributed by atoms with Gasteiger partial charge in [0.2, 0.25) is 0 Å². The number of hydrogen-bond donors (Lipinski definition) is 1. The fourth-order valence-electron chi connectivity index (χ4n) is 3.91. The molecule has 1 fully saturated rings. The fraction of sp³-hybridized carbons (Fsp3) is 1.00. The lowest BCUT2D eigenvalue weighted by atomic mass is 9.63. The van der Waals surface area contributed by atoms with Crippen LogP contribution < -0.4 is 5.32 Å². The minimum Gasteiger partial charge on any atom is -0.384 e. The van der Waals surface area contributed by atoms with Gasteiger partial charge in [-0.3, -0.25) is 0 Å². The Morgan fingerprint density at radius 1 is 1.19 bits per heavy atom. The lowest BCUT2D eigenvalue weighted by Gasteiger charge is -2.45. The van der Waals surface area contributed by atoms with E-state index < -0.39 is 0 Å². The minimum absolute atomic E-state index is 0.466. The molecule has 0 amide bonds. The highest BCUT2D eigenvalue weighted by Gasteiger charge is 2.39. The van der Waals surface area contributed by atoms with Gasteiger partial charge in [-0.2, -0.15) is 0 Å². The molecule has 1 unspecified atom stereocenters. The molecule has 2 heteroatoms. The molecule has 0 aromatic heterocycles. The zero-order valence-electron chi connectivity index (χ0n) is 15.2. The average Bonchev–Trinajstić information content (AvgIpc) is 2.46. The summed E-state index contributed by atoms with van der Waals surface area (Å²) >= 11 is 0. The maximum Gasteiger partial charge on any atom is 0.0493 e. The Balaban J connectivity index is 2.54. The van der Waals surface area contributed by atoms with Gasteiger partial charge in [-0.05, 0) is 55.4 Å². The SMILES string of the molecule is CCCCC1CCC(CNCC(C)C)(C(C)COC)CC1. The monoisotopic (exact) mass is 297 g/mol. The zero-order chi connectivity index (χ0) is 15.7. The predicted molar refractivity (Wildman–Crippen MR) is 92.7 cm³/mol. The van der Waals surface area contributed by atoms with Crippen molar-refractivity contribution in [3.63, 3.8) is 0 Å². The third-order valence-corrected chi connectivity index (χ3v) is 5.56. The highest BCUT2D eigenvalue weighted by atomic mass is 16.5. The van der Waals surface area contributed by atoms with Crippen LogP contribution in [0, 0.1) is 23.2 Å². The molecule has 1 rings (SSSR count). The highest BCUT2D eigenvalue weighted by Crippen LogP contribution is 2.45. The van der Waals surface area contributed by atoms with Gasteiger partial charge < -0.3 is 10.1 Å². The first-order chi connectivity index (χ1) is 10.0. The van der Waals surface area contributed by atoms with E-state index >= 15 is 0 Å². The summed E-state index contributed by atoms with van der Waals surface area (Å²) < 4.78 is 5.47. The van der Waals surface area contributed by atoms with Gasteiger partial charge in [0.05, 0.1) is 0 Å². The minimum atomic E-state index is 0.466. The van der Waals surface area contributed by atoms with Gasteiger partial charge in [0.15, 0.2) is 0 Å². The van der Waals surface area contributed by atoms with Crippen molar-refractivity contribution < 1.29 is 4.74 Å². The quantitative estimate of drug-likeness (QED) is 0.620. The number of methoxy groups -OCH3 is 1. The second kappa shape index (κ2) is 9.84. The Morgan fingerprint density at radius 3 is 2.38 bits per heavy atom. The number of unbranched alkanes of at least 4 members (excludes halogenated alkanes) is 1. The zero-order valence-corrected chi connectivity index (χ0v) is 15.2. The first-order valence-corrected chi connectivity index (χ1v) is 9.23. The van der Waals surface area contributed by atoms with Gasteiger partial charge in [-0.25, -0.2) is 0 Å². The molecule has 1 saturated carbocycles. The van der Waals surface area contributed by atoms with Crippen molar-refractivity contribution >= 4 is 0 Å². The fourth-order valence-corrected chi connectivity index (χ4v) is 3.91. The molecule has 0 aromatic carbocycles. The normalized spacial score (nSPS) is 28.0. The summed E-state index contributed by atoms with van der Waals surface area (Å²) in [6.07, 6.45) is 9.84. The summed E-state index contributed by atoms with van der Waals surface area (Å²) in [6, 6.07) is 0. The van der Waals surface area contributed by atoms with Gasteiger partial charge in [0.1, 0.15) is 0 Å². The van der Waals surface area contributed by atoms with Crippen molar-refractivity contribution in [2.75, 3.05) is 26.8 Å². The van der Waals surface area contributed by atoms with Crippen LogP contribution >= 0.6 is 0 Å². The Kier molecular flexibility index (Phi) is 8.89. The maximum atomic E-state index is 5.47. The molecule has 0 heterocycles. The summed E-state index contributed by atoms with van der Waals surface area (Å²) in [5.74, 6) is 2.38. The molecule has 0 aliphatic heterocycles. The first kappa shape index (κ1) is 19.0. The molecule has 1 aliphatic carbocycles. The summed E-state index contributed by atoms with van der Waals surface area (Å²) in [6.45, 7) is 12.5. The smallest absolute Gasteiger partial charge is 0.0493 e. The number of rotatable bonds is 10. The van der Waals surface area contributed by atoms with Crippen molar-refractivity contribution in [1.82, 2.24) is 5.32 Å². The van der Waals surface area contributed by atoms with E-state index in [2.05, 4.69) is 33.0 Å². The molecule has 0 radical (unpaired) electrons. The van der Waals surface area contributed by atoms with E-state index in [1.807, 2.05) is 7.11 Å². The van der Waals surface area contributed by atoms with Crippen LogP contribution in [-0.4, -0.2) is 26.8 Å². The predicted octanol–water partition coefficient (Wildman–Crippen LogP) is 4.88. The van der Waals surface area contributed by atoms with Gasteiger partial charge in [-0.1, -0.05) is 47.0 Å². The van der Waals surface area contributed by atoms with Crippen LogP contribution in [0.3, 0.4) is 0 Å². The lowest BCUT2D eigenvalue weighted by molar-refractivity contribution is 0.0258. The van der Waals surface area contributed by atoms with Crippen LogP contribution in [0.4, 0.5) is 0 Å². The van der Waals surface area contributed by atoms with E-state index in [4.69, 9.17) is 4.74 Å². The Labute approximate surface area is 133 Å². The van der Waals surface area contributed by atoms with Crippen LogP contribution in [0.1, 0.15) is 72.6 Å². The van der Waals surface area contributed by atoms with E-state index in [9.17, 15) is 0 Å². The van der Waals surface area contributed by atoms with Crippen molar-refractivity contribution in [2.45, 2.75) is 72.6 Å². The van der Waals surface area contributed by atoms with Crippen molar-refractivity contribution in [3.05, 3.63) is 0 Å². The molecule has 1 aliphatic rings. The number of ether oxygens (including phenoxy) is 1. The van der Waals surface area contributed by atoms with Gasteiger partial charge in [-0.15, -0.1) is 0 Å². The summed E-state index contributed by atoms with van der Waals surface area (Å²) in [4.78, 5) is 0. The largest absolute Gasteiger partial charge is 0.384 e. The van der Waals surface area contributed by atoms with Crippen molar-refractivity contribution in [1.29, 1.82) is 0 Å². The third kappa shape index (κ3) is 6.28. The van der Waals surface area contributed by atoms with E-state index in [0.29, 0.717) is 11.3 Å². The van der Waals surface area contributed by atoms with E-state index in [1.54, 1.807) is 0 Å². The van der Waals surface area contributed by atoms with Crippen LogP contribution in [0.15, 0.2) is 0 Å². The van der Waals surface area contributed by atoms with Gasteiger partial charge in [0.25, 0.3) is 0 Å². The van der Waals surface area contributed by atoms with Crippen LogP contribution in [0.2, 0.25) is 0 Å². The molecule has 0 saturated heterocycles. The summed E-state index contributed by atoms with van der Waals surface area (Å²) in [5.41, 5.74) is 0.466.